The van der Waals surface area contributed by atoms with Crippen molar-refractivity contribution in [1.29, 1.82) is 0 Å². The Morgan fingerprint density at radius 3 is 2.79 bits per heavy atom. The van der Waals surface area contributed by atoms with Gasteiger partial charge in [-0.2, -0.15) is 0 Å². The van der Waals surface area contributed by atoms with Gasteiger partial charge in [-0.1, -0.05) is 6.07 Å². The lowest BCUT2D eigenvalue weighted by Crippen LogP contribution is -2.30. The van der Waals surface area contributed by atoms with Crippen LogP contribution < -0.4 is 5.32 Å². The number of hydrogen-bond donors (Lipinski definition) is 1. The van der Waals surface area contributed by atoms with E-state index in [0.29, 0.717) is 12.1 Å². The third-order valence-electron chi connectivity index (χ3n) is 3.03. The molecule has 1 fully saturated rings. The van der Waals surface area contributed by atoms with Crippen molar-refractivity contribution in [3.8, 4) is 0 Å². The number of hydrogen-bond acceptors (Lipinski definition) is 2. The van der Waals surface area contributed by atoms with Gasteiger partial charge >= 0.3 is 0 Å². The zero-order chi connectivity index (χ0) is 9.97. The van der Waals surface area contributed by atoms with Crippen LogP contribution in [0.3, 0.4) is 0 Å². The number of pyridine rings is 1. The van der Waals surface area contributed by atoms with Gasteiger partial charge in [-0.25, -0.2) is 0 Å². The highest BCUT2D eigenvalue weighted by atomic mass is 15.0. The van der Waals surface area contributed by atoms with Crippen LogP contribution in [0, 0.1) is 5.92 Å². The fourth-order valence-electron chi connectivity index (χ4n) is 1.85. The predicted octanol–water partition coefficient (Wildman–Crippen LogP) is 2.53. The van der Waals surface area contributed by atoms with Crippen LogP contribution in [-0.4, -0.2) is 11.0 Å². The van der Waals surface area contributed by atoms with E-state index in [-0.39, 0.29) is 0 Å². The normalized spacial score (nSPS) is 20.4. The van der Waals surface area contributed by atoms with E-state index in [9.17, 15) is 0 Å². The van der Waals surface area contributed by atoms with E-state index in [2.05, 4.69) is 30.2 Å². The van der Waals surface area contributed by atoms with Gasteiger partial charge in [0.25, 0.3) is 0 Å². The molecule has 0 bridgehead atoms. The molecule has 0 aromatic carbocycles. The Bertz CT molecular complexity index is 280. The summed E-state index contributed by atoms with van der Waals surface area (Å²) in [6.07, 6.45) is 6.56. The SMILES string of the molecule is C[C@@H](N[C@H](C)C1CC1)c1cccnc1. The first-order valence-electron chi connectivity index (χ1n) is 5.43. The molecule has 2 atom stereocenters. The molecule has 0 spiro atoms. The van der Waals surface area contributed by atoms with E-state index in [1.807, 2.05) is 18.5 Å². The van der Waals surface area contributed by atoms with Gasteiger partial charge in [0.2, 0.25) is 0 Å². The summed E-state index contributed by atoms with van der Waals surface area (Å²) in [7, 11) is 0. The molecule has 2 rings (SSSR count). The highest BCUT2D eigenvalue weighted by molar-refractivity contribution is 5.13. The van der Waals surface area contributed by atoms with Crippen LogP contribution in [0.2, 0.25) is 0 Å². The summed E-state index contributed by atoms with van der Waals surface area (Å²) in [4.78, 5) is 4.13. The first kappa shape index (κ1) is 9.66. The summed E-state index contributed by atoms with van der Waals surface area (Å²) in [6.45, 7) is 4.49. The highest BCUT2D eigenvalue weighted by Crippen LogP contribution is 2.33. The minimum absolute atomic E-state index is 0.416. The maximum atomic E-state index is 4.13. The summed E-state index contributed by atoms with van der Waals surface area (Å²) in [6, 6.07) is 5.18. The maximum absolute atomic E-state index is 4.13. The quantitative estimate of drug-likeness (QED) is 0.789. The lowest BCUT2D eigenvalue weighted by Gasteiger charge is -2.19. The van der Waals surface area contributed by atoms with Crippen LogP contribution in [0.5, 0.6) is 0 Å². The van der Waals surface area contributed by atoms with Crippen molar-refractivity contribution in [3.63, 3.8) is 0 Å². The predicted molar refractivity (Wildman–Crippen MR) is 58.0 cm³/mol. The smallest absolute Gasteiger partial charge is 0.0315 e. The summed E-state index contributed by atoms with van der Waals surface area (Å²) in [5.41, 5.74) is 1.28. The molecule has 1 aromatic rings. The summed E-state index contributed by atoms with van der Waals surface area (Å²) < 4.78 is 0. The second-order valence-electron chi connectivity index (χ2n) is 4.30. The first-order chi connectivity index (χ1) is 6.77. The standard InChI is InChI=1S/C12H18N2/c1-9(11-5-6-11)14-10(2)12-4-3-7-13-8-12/h3-4,7-11,14H,5-6H2,1-2H3/t9-,10-/m1/s1. The molecule has 1 aliphatic rings. The molecule has 14 heavy (non-hydrogen) atoms. The fourth-order valence-corrected chi connectivity index (χ4v) is 1.85. The Morgan fingerprint density at radius 1 is 1.43 bits per heavy atom. The van der Waals surface area contributed by atoms with Crippen LogP contribution in [0.25, 0.3) is 0 Å². The lowest BCUT2D eigenvalue weighted by molar-refractivity contribution is 0.441. The van der Waals surface area contributed by atoms with Gasteiger partial charge in [-0.05, 0) is 44.2 Å². The lowest BCUT2D eigenvalue weighted by atomic mass is 10.1. The van der Waals surface area contributed by atoms with Gasteiger partial charge in [0.1, 0.15) is 0 Å². The zero-order valence-corrected chi connectivity index (χ0v) is 8.90. The molecule has 1 saturated carbocycles. The van der Waals surface area contributed by atoms with Crippen molar-refractivity contribution in [1.82, 2.24) is 10.3 Å². The number of nitrogens with one attached hydrogen (secondary N) is 1. The molecule has 1 aliphatic carbocycles. The van der Waals surface area contributed by atoms with Gasteiger partial charge in [0, 0.05) is 24.5 Å². The molecule has 0 unspecified atom stereocenters. The average molecular weight is 190 g/mol. The van der Waals surface area contributed by atoms with Crippen LogP contribution in [0.15, 0.2) is 24.5 Å². The van der Waals surface area contributed by atoms with E-state index in [1.54, 1.807) is 0 Å². The van der Waals surface area contributed by atoms with Gasteiger partial charge in [0.15, 0.2) is 0 Å². The maximum Gasteiger partial charge on any atom is 0.0315 e. The molecule has 76 valence electrons. The fraction of sp³-hybridized carbons (Fsp3) is 0.583. The first-order valence-corrected chi connectivity index (χ1v) is 5.43. The van der Waals surface area contributed by atoms with Crippen molar-refractivity contribution in [2.75, 3.05) is 0 Å². The van der Waals surface area contributed by atoms with Gasteiger partial charge in [-0.3, -0.25) is 4.98 Å². The van der Waals surface area contributed by atoms with E-state index in [4.69, 9.17) is 0 Å². The number of rotatable bonds is 4. The number of aromatic nitrogens is 1. The van der Waals surface area contributed by atoms with Crippen molar-refractivity contribution < 1.29 is 0 Å². The third kappa shape index (κ3) is 2.32. The summed E-state index contributed by atoms with van der Waals surface area (Å²) in [5, 5.41) is 3.62. The van der Waals surface area contributed by atoms with Crippen LogP contribution in [-0.2, 0) is 0 Å². The van der Waals surface area contributed by atoms with E-state index < -0.39 is 0 Å². The third-order valence-corrected chi connectivity index (χ3v) is 3.03. The van der Waals surface area contributed by atoms with Crippen molar-refractivity contribution in [2.45, 2.75) is 38.8 Å². The Hall–Kier alpha value is -0.890. The molecular weight excluding hydrogens is 172 g/mol. The average Bonchev–Trinajstić information content (AvgIpc) is 3.02. The number of nitrogens with zero attached hydrogens (tertiary/aromatic N) is 1. The Kier molecular flexibility index (Phi) is 2.82. The van der Waals surface area contributed by atoms with E-state index in [1.165, 1.54) is 18.4 Å². The zero-order valence-electron chi connectivity index (χ0n) is 8.90. The largest absolute Gasteiger partial charge is 0.307 e. The van der Waals surface area contributed by atoms with Gasteiger partial charge < -0.3 is 5.32 Å². The topological polar surface area (TPSA) is 24.9 Å². The Labute approximate surface area is 85.7 Å². The van der Waals surface area contributed by atoms with Crippen molar-refractivity contribution in [2.24, 2.45) is 5.92 Å². The summed E-state index contributed by atoms with van der Waals surface area (Å²) in [5.74, 6) is 0.911. The Morgan fingerprint density at radius 2 is 2.21 bits per heavy atom. The molecule has 1 N–H and O–H groups in total. The molecule has 0 radical (unpaired) electrons. The van der Waals surface area contributed by atoms with Crippen LogP contribution in [0.4, 0.5) is 0 Å². The molecule has 2 heteroatoms. The second kappa shape index (κ2) is 4.09. The second-order valence-corrected chi connectivity index (χ2v) is 4.30. The van der Waals surface area contributed by atoms with E-state index >= 15 is 0 Å². The summed E-state index contributed by atoms with van der Waals surface area (Å²) >= 11 is 0. The van der Waals surface area contributed by atoms with Gasteiger partial charge in [0.05, 0.1) is 0 Å². The monoisotopic (exact) mass is 190 g/mol. The minimum atomic E-state index is 0.416. The molecule has 1 heterocycles. The van der Waals surface area contributed by atoms with Crippen molar-refractivity contribution >= 4 is 0 Å². The van der Waals surface area contributed by atoms with Crippen molar-refractivity contribution in [3.05, 3.63) is 30.1 Å². The molecule has 0 saturated heterocycles. The van der Waals surface area contributed by atoms with Gasteiger partial charge in [-0.15, -0.1) is 0 Å². The van der Waals surface area contributed by atoms with Crippen LogP contribution in [0.1, 0.15) is 38.3 Å². The minimum Gasteiger partial charge on any atom is -0.307 e. The van der Waals surface area contributed by atoms with E-state index in [0.717, 1.165) is 5.92 Å². The highest BCUT2D eigenvalue weighted by Gasteiger charge is 2.28. The Balaban J connectivity index is 1.91. The molecule has 0 aliphatic heterocycles. The molecule has 0 amide bonds. The molecule has 1 aromatic heterocycles. The molecular formula is C12H18N2. The van der Waals surface area contributed by atoms with Crippen LogP contribution >= 0.6 is 0 Å². The molecule has 2 nitrogen and oxygen atoms in total.